The van der Waals surface area contributed by atoms with E-state index >= 15 is 0 Å². The minimum Gasteiger partial charge on any atom is -0.398 e. The Kier molecular flexibility index (Phi) is 3.80. The van der Waals surface area contributed by atoms with E-state index in [4.69, 9.17) is 0 Å². The number of hydrogen-bond donors (Lipinski definition) is 0. The Bertz CT molecular complexity index is 554. The predicted molar refractivity (Wildman–Crippen MR) is 67.0 cm³/mol. The second-order valence-corrected chi connectivity index (χ2v) is 4.37. The average molecular weight is 404 g/mol. The molecule has 0 fully saturated rings. The van der Waals surface area contributed by atoms with Crippen molar-refractivity contribution in [2.24, 2.45) is 12.0 Å². The molecule has 3 heteroatoms. The summed E-state index contributed by atoms with van der Waals surface area (Å²) in [7, 11) is 2.09. The summed E-state index contributed by atoms with van der Waals surface area (Å²) in [6, 6.07) is 9.49. The van der Waals surface area contributed by atoms with Crippen LogP contribution in [0.3, 0.4) is 0 Å². The maximum atomic E-state index is 4.65. The second kappa shape index (κ2) is 5.16. The first-order valence-electron chi connectivity index (χ1n) is 5.86. The van der Waals surface area contributed by atoms with Crippen LogP contribution in [-0.4, -0.2) is 16.8 Å². The molecule has 1 aliphatic rings. The van der Waals surface area contributed by atoms with Gasteiger partial charge in [-0.1, -0.05) is 5.56 Å². The molecule has 1 radical (unpaired) electrons. The molecule has 2 aromatic rings. The summed E-state index contributed by atoms with van der Waals surface area (Å²) in [5.41, 5.74) is 3.78. The van der Waals surface area contributed by atoms with Crippen LogP contribution in [0.15, 0.2) is 29.4 Å². The van der Waals surface area contributed by atoms with Gasteiger partial charge in [0.15, 0.2) is 0 Å². The van der Waals surface area contributed by atoms with Gasteiger partial charge < -0.3 is 4.57 Å². The van der Waals surface area contributed by atoms with E-state index in [9.17, 15) is 0 Å². The number of rotatable bonds is 1. The zero-order valence-electron chi connectivity index (χ0n) is 9.87. The molecule has 0 atom stereocenters. The summed E-state index contributed by atoms with van der Waals surface area (Å²) in [6.07, 6.45) is 5.80. The normalized spacial score (nSPS) is 15.5. The number of aromatic nitrogens is 1. The van der Waals surface area contributed by atoms with Crippen LogP contribution >= 0.6 is 0 Å². The van der Waals surface area contributed by atoms with E-state index in [0.29, 0.717) is 0 Å². The third kappa shape index (κ3) is 2.22. The maximum absolute atomic E-state index is 4.65. The van der Waals surface area contributed by atoms with E-state index in [2.05, 4.69) is 34.9 Å². The van der Waals surface area contributed by atoms with Crippen molar-refractivity contribution in [3.05, 3.63) is 36.0 Å². The van der Waals surface area contributed by atoms with Gasteiger partial charge in [0.25, 0.3) is 0 Å². The zero-order chi connectivity index (χ0) is 11.0. The van der Waals surface area contributed by atoms with Gasteiger partial charge in [0.1, 0.15) is 0 Å². The Balaban J connectivity index is 0.00000108. The van der Waals surface area contributed by atoms with Crippen molar-refractivity contribution in [2.75, 3.05) is 6.54 Å². The summed E-state index contributed by atoms with van der Waals surface area (Å²) in [5, 5.41) is 1.21. The quantitative estimate of drug-likeness (QED) is 0.652. The molecule has 0 saturated carbocycles. The standard InChI is InChI=1S/C14H15N2.Ir/c1-16-10-12(13-7-4-5-9-15-13)11-6-2-3-8-14(11)16;/h2-3,8,10H,4-5,7,9H2,1H3;/q-1;. The molecule has 1 aliphatic heterocycles. The summed E-state index contributed by atoms with van der Waals surface area (Å²) >= 11 is 0. The fourth-order valence-electron chi connectivity index (χ4n) is 2.40. The van der Waals surface area contributed by atoms with Crippen molar-refractivity contribution in [1.82, 2.24) is 4.57 Å². The van der Waals surface area contributed by atoms with E-state index in [0.717, 1.165) is 13.0 Å². The SMILES string of the molecule is Cn1cc(C2=NCCCC2)c2[c-]cccc21.[Ir]. The van der Waals surface area contributed by atoms with Gasteiger partial charge in [-0.15, -0.1) is 29.7 Å². The van der Waals surface area contributed by atoms with Crippen molar-refractivity contribution in [1.29, 1.82) is 0 Å². The third-order valence-corrected chi connectivity index (χ3v) is 3.24. The molecule has 2 heterocycles. The molecule has 91 valence electrons. The largest absolute Gasteiger partial charge is 0.398 e. The van der Waals surface area contributed by atoms with Crippen molar-refractivity contribution in [3.8, 4) is 0 Å². The van der Waals surface area contributed by atoms with Crippen LogP contribution in [0, 0.1) is 6.07 Å². The van der Waals surface area contributed by atoms with Crippen LogP contribution in [0.1, 0.15) is 24.8 Å². The molecule has 0 saturated heterocycles. The van der Waals surface area contributed by atoms with Gasteiger partial charge in [-0.3, -0.25) is 4.99 Å². The topological polar surface area (TPSA) is 17.3 Å². The van der Waals surface area contributed by atoms with Crippen LogP contribution < -0.4 is 0 Å². The first-order valence-corrected chi connectivity index (χ1v) is 5.86. The molecular weight excluding hydrogens is 388 g/mol. The van der Waals surface area contributed by atoms with Crippen molar-refractivity contribution in [3.63, 3.8) is 0 Å². The first kappa shape index (κ1) is 12.5. The number of nitrogens with zero attached hydrogens (tertiary/aromatic N) is 2. The molecule has 0 N–H and O–H groups in total. The molecule has 0 spiro atoms. The summed E-state index contributed by atoms with van der Waals surface area (Å²) in [4.78, 5) is 4.65. The van der Waals surface area contributed by atoms with Crippen LogP contribution in [0.4, 0.5) is 0 Å². The second-order valence-electron chi connectivity index (χ2n) is 4.37. The fraction of sp³-hybridized carbons (Fsp3) is 0.357. The Labute approximate surface area is 115 Å². The summed E-state index contributed by atoms with van der Waals surface area (Å²) < 4.78 is 2.16. The number of aryl methyl sites for hydroxylation is 1. The third-order valence-electron chi connectivity index (χ3n) is 3.24. The van der Waals surface area contributed by atoms with Crippen LogP contribution in [0.25, 0.3) is 10.9 Å². The monoisotopic (exact) mass is 404 g/mol. The number of fused-ring (bicyclic) bond motifs is 1. The van der Waals surface area contributed by atoms with Crippen LogP contribution in [-0.2, 0) is 27.2 Å². The summed E-state index contributed by atoms with van der Waals surface area (Å²) in [6.45, 7) is 0.985. The molecule has 1 aromatic carbocycles. The van der Waals surface area contributed by atoms with E-state index in [1.165, 1.54) is 35.0 Å². The van der Waals surface area contributed by atoms with Gasteiger partial charge in [-0.2, -0.15) is 0 Å². The van der Waals surface area contributed by atoms with E-state index in [1.807, 2.05) is 12.1 Å². The van der Waals surface area contributed by atoms with Gasteiger partial charge in [0.2, 0.25) is 0 Å². The zero-order valence-corrected chi connectivity index (χ0v) is 12.3. The Hall–Kier alpha value is -0.921. The van der Waals surface area contributed by atoms with E-state index < -0.39 is 0 Å². The molecule has 1 aromatic heterocycles. The van der Waals surface area contributed by atoms with Crippen molar-refractivity contribution >= 4 is 16.6 Å². The van der Waals surface area contributed by atoms with Gasteiger partial charge in [-0.25, -0.2) is 0 Å². The fourth-order valence-corrected chi connectivity index (χ4v) is 2.40. The number of benzene rings is 1. The molecule has 17 heavy (non-hydrogen) atoms. The van der Waals surface area contributed by atoms with Gasteiger partial charge in [-0.05, 0) is 31.0 Å². The minimum atomic E-state index is 0. The van der Waals surface area contributed by atoms with Crippen LogP contribution in [0.2, 0.25) is 0 Å². The van der Waals surface area contributed by atoms with E-state index in [1.54, 1.807) is 0 Å². The number of hydrogen-bond acceptors (Lipinski definition) is 1. The molecule has 0 aliphatic carbocycles. The first-order chi connectivity index (χ1) is 7.86. The van der Waals surface area contributed by atoms with Crippen LogP contribution in [0.5, 0.6) is 0 Å². The van der Waals surface area contributed by atoms with Crippen molar-refractivity contribution in [2.45, 2.75) is 19.3 Å². The van der Waals surface area contributed by atoms with E-state index in [-0.39, 0.29) is 20.1 Å². The Morgan fingerprint density at radius 2 is 2.24 bits per heavy atom. The molecular formula is C14H15IrN2-. The molecule has 3 rings (SSSR count). The number of aliphatic imine (C=N–C) groups is 1. The molecule has 0 unspecified atom stereocenters. The smallest absolute Gasteiger partial charge is 0.0383 e. The molecule has 2 nitrogen and oxygen atoms in total. The van der Waals surface area contributed by atoms with Gasteiger partial charge in [0, 0.05) is 39.4 Å². The Morgan fingerprint density at radius 1 is 1.35 bits per heavy atom. The van der Waals surface area contributed by atoms with Gasteiger partial charge in [0.05, 0.1) is 0 Å². The summed E-state index contributed by atoms with van der Waals surface area (Å²) in [5.74, 6) is 0. The van der Waals surface area contributed by atoms with Crippen molar-refractivity contribution < 1.29 is 20.1 Å². The van der Waals surface area contributed by atoms with Gasteiger partial charge >= 0.3 is 0 Å². The maximum Gasteiger partial charge on any atom is 0.0383 e. The predicted octanol–water partition coefficient (Wildman–Crippen LogP) is 2.95. The minimum absolute atomic E-state index is 0. The Morgan fingerprint density at radius 3 is 3.00 bits per heavy atom. The molecule has 0 bridgehead atoms. The average Bonchev–Trinajstić information content (AvgIpc) is 2.69. The molecule has 0 amide bonds.